The van der Waals surface area contributed by atoms with E-state index in [2.05, 4.69) is 16.4 Å². The number of fused-ring (bicyclic) bond motifs is 1. The van der Waals surface area contributed by atoms with Crippen molar-refractivity contribution in [2.75, 3.05) is 0 Å². The minimum absolute atomic E-state index is 0.0904. The first-order valence-corrected chi connectivity index (χ1v) is 7.05. The van der Waals surface area contributed by atoms with Crippen molar-refractivity contribution in [1.82, 2.24) is 10.3 Å². The first kappa shape index (κ1) is 13.7. The summed E-state index contributed by atoms with van der Waals surface area (Å²) in [6.45, 7) is 2.76. The number of hydrogen-bond acceptors (Lipinski definition) is 2. The van der Waals surface area contributed by atoms with E-state index in [1.165, 1.54) is 11.6 Å². The minimum Gasteiger partial charge on any atom is -0.306 e. The van der Waals surface area contributed by atoms with Gasteiger partial charge in [0.2, 0.25) is 0 Å². The lowest BCUT2D eigenvalue weighted by molar-refractivity contribution is 0.566. The summed E-state index contributed by atoms with van der Waals surface area (Å²) in [5.41, 5.74) is 3.15. The minimum atomic E-state index is -0.199. The fourth-order valence-electron chi connectivity index (χ4n) is 2.47. The molecule has 1 atom stereocenters. The highest BCUT2D eigenvalue weighted by molar-refractivity contribution is 5.81. The van der Waals surface area contributed by atoms with Crippen molar-refractivity contribution in [1.29, 1.82) is 0 Å². The van der Waals surface area contributed by atoms with Gasteiger partial charge < -0.3 is 5.32 Å². The summed E-state index contributed by atoms with van der Waals surface area (Å²) in [7, 11) is 0. The van der Waals surface area contributed by atoms with Crippen molar-refractivity contribution in [3.8, 4) is 0 Å². The highest BCUT2D eigenvalue weighted by Gasteiger charge is 2.07. The molecule has 0 fully saturated rings. The second-order valence-electron chi connectivity index (χ2n) is 5.14. The molecule has 0 saturated heterocycles. The standard InChI is InChI=1S/C18H17FN2/c1-13(14-5-4-6-16(19)11-14)21-12-15-9-10-20-18-8-3-2-7-17(15)18/h2-11,13,21H,12H2,1H3. The third-order valence-corrected chi connectivity index (χ3v) is 3.69. The Morgan fingerprint density at radius 3 is 2.81 bits per heavy atom. The number of benzene rings is 2. The van der Waals surface area contributed by atoms with Gasteiger partial charge in [0.1, 0.15) is 5.82 Å². The number of para-hydroxylation sites is 1. The van der Waals surface area contributed by atoms with E-state index in [0.29, 0.717) is 0 Å². The van der Waals surface area contributed by atoms with Gasteiger partial charge in [-0.2, -0.15) is 0 Å². The molecule has 0 spiro atoms. The second kappa shape index (κ2) is 6.02. The molecule has 1 unspecified atom stereocenters. The predicted octanol–water partition coefficient (Wildman–Crippen LogP) is 4.22. The Kier molecular flexibility index (Phi) is 3.93. The zero-order chi connectivity index (χ0) is 14.7. The van der Waals surface area contributed by atoms with Gasteiger partial charge in [0.05, 0.1) is 5.52 Å². The van der Waals surface area contributed by atoms with E-state index in [1.807, 2.05) is 43.5 Å². The first-order valence-electron chi connectivity index (χ1n) is 7.05. The van der Waals surface area contributed by atoms with Gasteiger partial charge in [-0.3, -0.25) is 4.98 Å². The van der Waals surface area contributed by atoms with Crippen LogP contribution in [0.5, 0.6) is 0 Å². The van der Waals surface area contributed by atoms with Crippen LogP contribution in [0.15, 0.2) is 60.8 Å². The molecule has 106 valence electrons. The van der Waals surface area contributed by atoms with Crippen LogP contribution in [-0.2, 0) is 6.54 Å². The molecule has 1 aromatic heterocycles. The van der Waals surface area contributed by atoms with Gasteiger partial charge in [0.25, 0.3) is 0 Å². The molecule has 2 aromatic carbocycles. The summed E-state index contributed by atoms with van der Waals surface area (Å²) in [4.78, 5) is 4.36. The van der Waals surface area contributed by atoms with Crippen molar-refractivity contribution in [3.63, 3.8) is 0 Å². The predicted molar refractivity (Wildman–Crippen MR) is 83.4 cm³/mol. The highest BCUT2D eigenvalue weighted by Crippen LogP contribution is 2.18. The molecule has 3 heteroatoms. The van der Waals surface area contributed by atoms with Crippen LogP contribution in [0.3, 0.4) is 0 Å². The van der Waals surface area contributed by atoms with Gasteiger partial charge >= 0.3 is 0 Å². The van der Waals surface area contributed by atoms with E-state index in [9.17, 15) is 4.39 Å². The summed E-state index contributed by atoms with van der Waals surface area (Å²) >= 11 is 0. The van der Waals surface area contributed by atoms with E-state index in [4.69, 9.17) is 0 Å². The molecule has 21 heavy (non-hydrogen) atoms. The van der Waals surface area contributed by atoms with Gasteiger partial charge in [0.15, 0.2) is 0 Å². The number of nitrogens with zero attached hydrogens (tertiary/aromatic N) is 1. The molecule has 0 bridgehead atoms. The maximum Gasteiger partial charge on any atom is 0.123 e. The Balaban J connectivity index is 1.77. The largest absolute Gasteiger partial charge is 0.306 e. The van der Waals surface area contributed by atoms with Crippen molar-refractivity contribution < 1.29 is 4.39 Å². The highest BCUT2D eigenvalue weighted by atomic mass is 19.1. The summed E-state index contributed by atoms with van der Waals surface area (Å²) in [6, 6.07) is 16.9. The maximum atomic E-state index is 13.3. The fraction of sp³-hybridized carbons (Fsp3) is 0.167. The molecule has 2 nitrogen and oxygen atoms in total. The molecular formula is C18H17FN2. The van der Waals surface area contributed by atoms with E-state index in [-0.39, 0.29) is 11.9 Å². The van der Waals surface area contributed by atoms with Crippen LogP contribution in [0.25, 0.3) is 10.9 Å². The average molecular weight is 280 g/mol. The number of aromatic nitrogens is 1. The molecule has 1 N–H and O–H groups in total. The van der Waals surface area contributed by atoms with Gasteiger partial charge in [0, 0.05) is 24.2 Å². The van der Waals surface area contributed by atoms with Crippen LogP contribution in [0.1, 0.15) is 24.1 Å². The zero-order valence-corrected chi connectivity index (χ0v) is 11.9. The van der Waals surface area contributed by atoms with E-state index >= 15 is 0 Å². The van der Waals surface area contributed by atoms with Crippen LogP contribution in [0, 0.1) is 5.82 Å². The molecule has 0 aliphatic heterocycles. The molecule has 0 aliphatic rings. The monoisotopic (exact) mass is 280 g/mol. The van der Waals surface area contributed by atoms with Crippen LogP contribution in [0.4, 0.5) is 4.39 Å². The van der Waals surface area contributed by atoms with Crippen molar-refractivity contribution in [2.45, 2.75) is 19.5 Å². The number of nitrogens with one attached hydrogen (secondary N) is 1. The van der Waals surface area contributed by atoms with Gasteiger partial charge in [-0.25, -0.2) is 4.39 Å². The molecule has 0 saturated carbocycles. The molecule has 3 aromatic rings. The lowest BCUT2D eigenvalue weighted by Gasteiger charge is -2.15. The summed E-state index contributed by atoms with van der Waals surface area (Å²) in [5, 5.41) is 4.59. The quantitative estimate of drug-likeness (QED) is 0.773. The van der Waals surface area contributed by atoms with Crippen molar-refractivity contribution in [2.24, 2.45) is 0 Å². The topological polar surface area (TPSA) is 24.9 Å². The van der Waals surface area contributed by atoms with E-state index in [1.54, 1.807) is 12.1 Å². The van der Waals surface area contributed by atoms with Crippen molar-refractivity contribution in [3.05, 3.63) is 77.7 Å². The summed E-state index contributed by atoms with van der Waals surface area (Å²) in [6.07, 6.45) is 1.83. The summed E-state index contributed by atoms with van der Waals surface area (Å²) < 4.78 is 13.3. The van der Waals surface area contributed by atoms with Crippen LogP contribution >= 0.6 is 0 Å². The van der Waals surface area contributed by atoms with E-state index in [0.717, 1.165) is 23.0 Å². The fourth-order valence-corrected chi connectivity index (χ4v) is 2.47. The van der Waals surface area contributed by atoms with Gasteiger partial charge in [-0.1, -0.05) is 30.3 Å². The normalized spacial score (nSPS) is 12.5. The van der Waals surface area contributed by atoms with Crippen LogP contribution in [0.2, 0.25) is 0 Å². The Labute approximate surface area is 123 Å². The number of pyridine rings is 1. The number of hydrogen-bond donors (Lipinski definition) is 1. The van der Waals surface area contributed by atoms with Gasteiger partial charge in [-0.05, 0) is 42.3 Å². The smallest absolute Gasteiger partial charge is 0.123 e. The maximum absolute atomic E-state index is 13.3. The SMILES string of the molecule is CC(NCc1ccnc2ccccc12)c1cccc(F)c1. The lowest BCUT2D eigenvalue weighted by Crippen LogP contribution is -2.18. The Morgan fingerprint density at radius 1 is 1.10 bits per heavy atom. The number of halogens is 1. The zero-order valence-electron chi connectivity index (χ0n) is 11.9. The Morgan fingerprint density at radius 2 is 1.95 bits per heavy atom. The molecule has 0 radical (unpaired) electrons. The third-order valence-electron chi connectivity index (χ3n) is 3.69. The third kappa shape index (κ3) is 3.09. The summed E-state index contributed by atoms with van der Waals surface area (Å²) in [5.74, 6) is -0.199. The first-order chi connectivity index (χ1) is 10.2. The molecule has 0 amide bonds. The van der Waals surface area contributed by atoms with Crippen LogP contribution < -0.4 is 5.32 Å². The molecule has 3 rings (SSSR count). The average Bonchev–Trinajstić information content (AvgIpc) is 2.52. The Bertz CT molecular complexity index is 750. The Hall–Kier alpha value is -2.26. The second-order valence-corrected chi connectivity index (χ2v) is 5.14. The van der Waals surface area contributed by atoms with E-state index < -0.39 is 0 Å². The number of rotatable bonds is 4. The van der Waals surface area contributed by atoms with Crippen molar-refractivity contribution >= 4 is 10.9 Å². The van der Waals surface area contributed by atoms with Gasteiger partial charge in [-0.15, -0.1) is 0 Å². The van der Waals surface area contributed by atoms with Crippen LogP contribution in [-0.4, -0.2) is 4.98 Å². The molecule has 0 aliphatic carbocycles. The molecular weight excluding hydrogens is 263 g/mol. The lowest BCUT2D eigenvalue weighted by atomic mass is 10.1. The molecule has 1 heterocycles.